The number of carbonyl (C=O) groups is 1. The molecule has 1 aliphatic heterocycles. The lowest BCUT2D eigenvalue weighted by molar-refractivity contribution is -0.132. The lowest BCUT2D eigenvalue weighted by Crippen LogP contribution is -2.35. The summed E-state index contributed by atoms with van der Waals surface area (Å²) in [7, 11) is 0. The zero-order chi connectivity index (χ0) is 15.6. The molecule has 118 valence electrons. The van der Waals surface area contributed by atoms with Gasteiger partial charge in [0.1, 0.15) is 0 Å². The molecule has 4 heteroatoms. The van der Waals surface area contributed by atoms with Crippen molar-refractivity contribution in [2.45, 2.75) is 32.4 Å². The van der Waals surface area contributed by atoms with E-state index in [4.69, 9.17) is 0 Å². The molecule has 0 bridgehead atoms. The van der Waals surface area contributed by atoms with Crippen molar-refractivity contribution in [3.05, 3.63) is 60.0 Å². The van der Waals surface area contributed by atoms with Gasteiger partial charge in [-0.3, -0.25) is 4.79 Å². The summed E-state index contributed by atoms with van der Waals surface area (Å²) in [6.45, 7) is 2.45. The number of nitrogens with one attached hydrogen (secondary N) is 1. The summed E-state index contributed by atoms with van der Waals surface area (Å²) in [5.74, 6) is 0.265. The highest BCUT2D eigenvalue weighted by Gasteiger charge is 2.23. The highest BCUT2D eigenvalue weighted by molar-refractivity contribution is 5.85. The molecule has 1 aromatic carbocycles. The second kappa shape index (κ2) is 5.95. The largest absolute Gasteiger partial charge is 0.357 e. The van der Waals surface area contributed by atoms with Gasteiger partial charge < -0.3 is 14.5 Å². The van der Waals surface area contributed by atoms with Crippen LogP contribution >= 0.6 is 0 Å². The predicted molar refractivity (Wildman–Crippen MR) is 91.1 cm³/mol. The molecule has 0 fully saturated rings. The maximum Gasteiger partial charge on any atom is 0.222 e. The van der Waals surface area contributed by atoms with E-state index in [0.29, 0.717) is 13.0 Å². The Balaban J connectivity index is 1.40. The maximum absolute atomic E-state index is 12.5. The third-order valence-corrected chi connectivity index (χ3v) is 4.71. The van der Waals surface area contributed by atoms with E-state index in [1.54, 1.807) is 0 Å². The molecule has 0 atom stereocenters. The van der Waals surface area contributed by atoms with Gasteiger partial charge in [-0.25, -0.2) is 0 Å². The van der Waals surface area contributed by atoms with Gasteiger partial charge in [0.25, 0.3) is 0 Å². The van der Waals surface area contributed by atoms with Crippen LogP contribution in [0.1, 0.15) is 24.1 Å². The number of carbonyl (C=O) groups excluding carboxylic acids is 1. The number of para-hydroxylation sites is 1. The average molecular weight is 307 g/mol. The maximum atomic E-state index is 12.5. The summed E-state index contributed by atoms with van der Waals surface area (Å²) in [5, 5.41) is 1.31. The third-order valence-electron chi connectivity index (χ3n) is 4.71. The number of hydrogen-bond acceptors (Lipinski definition) is 1. The Morgan fingerprint density at radius 3 is 2.83 bits per heavy atom. The number of aromatic nitrogens is 2. The molecule has 0 spiro atoms. The molecule has 1 aliphatic rings. The first-order valence-electron chi connectivity index (χ1n) is 8.28. The molecule has 23 heavy (non-hydrogen) atoms. The third kappa shape index (κ3) is 2.77. The number of hydrogen-bond donors (Lipinski definition) is 1. The van der Waals surface area contributed by atoms with Crippen LogP contribution in [0.25, 0.3) is 10.9 Å². The van der Waals surface area contributed by atoms with Crippen molar-refractivity contribution in [1.82, 2.24) is 14.5 Å². The van der Waals surface area contributed by atoms with E-state index in [0.717, 1.165) is 25.9 Å². The SMILES string of the molecule is O=C(CCCn1cccc1)N1CCc2c([nH]c3ccccc23)C1. The number of aromatic amines is 1. The summed E-state index contributed by atoms with van der Waals surface area (Å²) in [5.41, 5.74) is 3.77. The Hall–Kier alpha value is -2.49. The number of aryl methyl sites for hydroxylation is 1. The van der Waals surface area contributed by atoms with E-state index in [-0.39, 0.29) is 5.91 Å². The van der Waals surface area contributed by atoms with Crippen molar-refractivity contribution in [3.63, 3.8) is 0 Å². The molecule has 0 saturated heterocycles. The van der Waals surface area contributed by atoms with Crippen LogP contribution in [0.15, 0.2) is 48.8 Å². The second-order valence-corrected chi connectivity index (χ2v) is 6.22. The highest BCUT2D eigenvalue weighted by atomic mass is 16.2. The zero-order valence-corrected chi connectivity index (χ0v) is 13.2. The Bertz CT molecular complexity index is 816. The van der Waals surface area contributed by atoms with Crippen molar-refractivity contribution in [3.8, 4) is 0 Å². The Labute approximate surface area is 135 Å². The molecule has 0 aliphatic carbocycles. The first-order chi connectivity index (χ1) is 11.3. The predicted octanol–water partition coefficient (Wildman–Crippen LogP) is 3.33. The van der Waals surface area contributed by atoms with Crippen LogP contribution in [0, 0.1) is 0 Å². The number of rotatable bonds is 4. The van der Waals surface area contributed by atoms with Gasteiger partial charge in [-0.05, 0) is 36.6 Å². The topological polar surface area (TPSA) is 41.0 Å². The van der Waals surface area contributed by atoms with Gasteiger partial charge in [0.2, 0.25) is 5.91 Å². The van der Waals surface area contributed by atoms with Crippen LogP contribution in [0.3, 0.4) is 0 Å². The number of H-pyrrole nitrogens is 1. The molecule has 1 N–H and O–H groups in total. The summed E-state index contributed by atoms with van der Waals surface area (Å²) in [6.07, 6.45) is 6.55. The van der Waals surface area contributed by atoms with Gasteiger partial charge in [-0.2, -0.15) is 0 Å². The molecule has 2 aromatic heterocycles. The highest BCUT2D eigenvalue weighted by Crippen LogP contribution is 2.27. The molecular formula is C19H21N3O. The van der Waals surface area contributed by atoms with Crippen molar-refractivity contribution < 1.29 is 4.79 Å². The molecule has 1 amide bonds. The quantitative estimate of drug-likeness (QED) is 0.789. The minimum atomic E-state index is 0.265. The van der Waals surface area contributed by atoms with Crippen LogP contribution in [0.5, 0.6) is 0 Å². The van der Waals surface area contributed by atoms with Crippen LogP contribution < -0.4 is 0 Å². The standard InChI is InChI=1S/C19H21N3O/c23-19(8-5-12-21-10-3-4-11-21)22-13-9-16-15-6-1-2-7-17(15)20-18(16)14-22/h1-4,6-7,10-11,20H,5,8-9,12-14H2. The van der Waals surface area contributed by atoms with Crippen molar-refractivity contribution in [1.29, 1.82) is 0 Å². The van der Waals surface area contributed by atoms with Gasteiger partial charge in [0.05, 0.1) is 6.54 Å². The lowest BCUT2D eigenvalue weighted by Gasteiger charge is -2.27. The van der Waals surface area contributed by atoms with Crippen molar-refractivity contribution >= 4 is 16.8 Å². The first-order valence-corrected chi connectivity index (χ1v) is 8.28. The van der Waals surface area contributed by atoms with Crippen LogP contribution in [-0.4, -0.2) is 26.9 Å². The van der Waals surface area contributed by atoms with Crippen LogP contribution in [0.4, 0.5) is 0 Å². The zero-order valence-electron chi connectivity index (χ0n) is 13.2. The lowest BCUT2D eigenvalue weighted by atomic mass is 10.0. The number of benzene rings is 1. The number of amides is 1. The minimum Gasteiger partial charge on any atom is -0.357 e. The number of nitrogens with zero attached hydrogens (tertiary/aromatic N) is 2. The van der Waals surface area contributed by atoms with Crippen LogP contribution in [-0.2, 0) is 24.3 Å². The molecule has 4 nitrogen and oxygen atoms in total. The van der Waals surface area contributed by atoms with Crippen LogP contribution in [0.2, 0.25) is 0 Å². The summed E-state index contributed by atoms with van der Waals surface area (Å²) in [6, 6.07) is 12.4. The Morgan fingerprint density at radius 2 is 1.96 bits per heavy atom. The normalized spacial score (nSPS) is 14.2. The van der Waals surface area contributed by atoms with Gasteiger partial charge in [-0.15, -0.1) is 0 Å². The van der Waals surface area contributed by atoms with E-state index < -0.39 is 0 Å². The smallest absolute Gasteiger partial charge is 0.222 e. The second-order valence-electron chi connectivity index (χ2n) is 6.22. The van der Waals surface area contributed by atoms with E-state index >= 15 is 0 Å². The van der Waals surface area contributed by atoms with Gasteiger partial charge in [0, 0.05) is 48.5 Å². The van der Waals surface area contributed by atoms with Crippen molar-refractivity contribution in [2.75, 3.05) is 6.54 Å². The van der Waals surface area contributed by atoms with Gasteiger partial charge in [0.15, 0.2) is 0 Å². The van der Waals surface area contributed by atoms with E-state index in [9.17, 15) is 4.79 Å². The Kier molecular flexibility index (Phi) is 3.66. The molecule has 0 unspecified atom stereocenters. The summed E-state index contributed by atoms with van der Waals surface area (Å²) >= 11 is 0. The minimum absolute atomic E-state index is 0.265. The van der Waals surface area contributed by atoms with Crippen molar-refractivity contribution in [2.24, 2.45) is 0 Å². The fraction of sp³-hybridized carbons (Fsp3) is 0.316. The molecule has 3 heterocycles. The Morgan fingerprint density at radius 1 is 1.13 bits per heavy atom. The summed E-state index contributed by atoms with van der Waals surface area (Å²) < 4.78 is 2.12. The molecule has 4 rings (SSSR count). The molecular weight excluding hydrogens is 286 g/mol. The molecule has 3 aromatic rings. The fourth-order valence-electron chi connectivity index (χ4n) is 3.50. The average Bonchev–Trinajstić information content (AvgIpc) is 3.21. The van der Waals surface area contributed by atoms with Gasteiger partial charge >= 0.3 is 0 Å². The van der Waals surface area contributed by atoms with E-state index in [1.165, 1.54) is 22.2 Å². The monoisotopic (exact) mass is 307 g/mol. The molecule has 0 saturated carbocycles. The van der Waals surface area contributed by atoms with E-state index in [1.807, 2.05) is 29.4 Å². The summed E-state index contributed by atoms with van der Waals surface area (Å²) in [4.78, 5) is 17.9. The number of fused-ring (bicyclic) bond motifs is 3. The molecule has 0 radical (unpaired) electrons. The van der Waals surface area contributed by atoms with E-state index in [2.05, 4.69) is 33.8 Å². The first kappa shape index (κ1) is 14.1. The van der Waals surface area contributed by atoms with Gasteiger partial charge in [-0.1, -0.05) is 18.2 Å². The fourth-order valence-corrected chi connectivity index (χ4v) is 3.50.